The maximum atomic E-state index is 12.4. The van der Waals surface area contributed by atoms with Gasteiger partial charge in [-0.3, -0.25) is 4.79 Å². The predicted molar refractivity (Wildman–Crippen MR) is 96.3 cm³/mol. The van der Waals surface area contributed by atoms with Crippen molar-refractivity contribution in [2.75, 3.05) is 13.1 Å². The lowest BCUT2D eigenvalue weighted by molar-refractivity contribution is 0.0935. The fourth-order valence-electron chi connectivity index (χ4n) is 2.78. The molecule has 0 aliphatic carbocycles. The molecule has 1 aliphatic heterocycles. The molecule has 1 aliphatic rings. The number of rotatable bonds is 3. The van der Waals surface area contributed by atoms with Crippen LogP contribution in [0.25, 0.3) is 20.1 Å². The number of thiazole rings is 1. The highest BCUT2D eigenvalue weighted by atomic mass is 32.1. The van der Waals surface area contributed by atoms with Crippen molar-refractivity contribution in [1.82, 2.24) is 15.6 Å². The number of para-hydroxylation sites is 1. The second kappa shape index (κ2) is 6.39. The van der Waals surface area contributed by atoms with Gasteiger partial charge in [0.1, 0.15) is 5.01 Å². The monoisotopic (exact) mass is 343 g/mol. The average Bonchev–Trinajstić information content (AvgIpc) is 3.22. The Balaban J connectivity index is 1.52. The fourth-order valence-corrected chi connectivity index (χ4v) is 4.71. The van der Waals surface area contributed by atoms with Crippen molar-refractivity contribution < 1.29 is 4.79 Å². The second-order valence-electron chi connectivity index (χ2n) is 5.67. The van der Waals surface area contributed by atoms with Crippen LogP contribution in [0.15, 0.2) is 36.4 Å². The molecule has 2 aromatic heterocycles. The van der Waals surface area contributed by atoms with Crippen LogP contribution >= 0.6 is 22.7 Å². The summed E-state index contributed by atoms with van der Waals surface area (Å²) in [6, 6.07) is 12.3. The summed E-state index contributed by atoms with van der Waals surface area (Å²) in [7, 11) is 0. The smallest absolute Gasteiger partial charge is 0.261 e. The van der Waals surface area contributed by atoms with Gasteiger partial charge in [-0.15, -0.1) is 22.7 Å². The molecule has 0 saturated carbocycles. The molecule has 23 heavy (non-hydrogen) atoms. The Morgan fingerprint density at radius 1 is 1.22 bits per heavy atom. The van der Waals surface area contributed by atoms with E-state index in [-0.39, 0.29) is 11.9 Å². The Kier molecular flexibility index (Phi) is 4.11. The van der Waals surface area contributed by atoms with E-state index in [2.05, 4.69) is 21.7 Å². The van der Waals surface area contributed by atoms with Gasteiger partial charge in [0.05, 0.1) is 20.0 Å². The molecule has 1 aromatic carbocycles. The highest BCUT2D eigenvalue weighted by Gasteiger charge is 2.18. The molecule has 0 bridgehead atoms. The molecule has 0 spiro atoms. The van der Waals surface area contributed by atoms with Gasteiger partial charge in [0, 0.05) is 12.6 Å². The van der Waals surface area contributed by atoms with Crippen LogP contribution in [0.2, 0.25) is 0 Å². The minimum atomic E-state index is 0.0241. The number of nitrogens with zero attached hydrogens (tertiary/aromatic N) is 1. The van der Waals surface area contributed by atoms with Crippen molar-refractivity contribution in [3.05, 3.63) is 41.3 Å². The van der Waals surface area contributed by atoms with Crippen LogP contribution in [0.1, 0.15) is 22.5 Å². The van der Waals surface area contributed by atoms with Gasteiger partial charge in [0.15, 0.2) is 0 Å². The SMILES string of the molecule is O=C(N[C@H]1CCCNC1)c1ccc(-c2nc3ccccc3s2)s1. The van der Waals surface area contributed by atoms with Gasteiger partial charge >= 0.3 is 0 Å². The Morgan fingerprint density at radius 3 is 2.96 bits per heavy atom. The molecule has 6 heteroatoms. The van der Waals surface area contributed by atoms with Gasteiger partial charge in [-0.25, -0.2) is 4.98 Å². The van der Waals surface area contributed by atoms with E-state index < -0.39 is 0 Å². The highest BCUT2D eigenvalue weighted by Crippen LogP contribution is 2.34. The van der Waals surface area contributed by atoms with Crippen molar-refractivity contribution in [1.29, 1.82) is 0 Å². The number of benzene rings is 1. The third kappa shape index (κ3) is 3.15. The molecular formula is C17H17N3OS2. The molecule has 0 radical (unpaired) electrons. The number of piperidine rings is 1. The molecular weight excluding hydrogens is 326 g/mol. The van der Waals surface area contributed by atoms with Crippen molar-refractivity contribution in [2.45, 2.75) is 18.9 Å². The number of fused-ring (bicyclic) bond motifs is 1. The standard InChI is InChI=1S/C17H17N3OS2/c21-16(19-11-4-3-9-18-10-11)14-7-8-15(22-14)17-20-12-5-1-2-6-13(12)23-17/h1-2,5-8,11,18H,3-4,9-10H2,(H,19,21)/t11-/m0/s1. The van der Waals surface area contributed by atoms with Gasteiger partial charge < -0.3 is 10.6 Å². The van der Waals surface area contributed by atoms with Gasteiger partial charge in [0.25, 0.3) is 5.91 Å². The Bertz CT molecular complexity index is 800. The van der Waals surface area contributed by atoms with E-state index in [4.69, 9.17) is 0 Å². The lowest BCUT2D eigenvalue weighted by atomic mass is 10.1. The molecule has 1 fully saturated rings. The first-order chi connectivity index (χ1) is 11.3. The lowest BCUT2D eigenvalue weighted by Crippen LogP contribution is -2.45. The molecule has 118 valence electrons. The Labute approximate surface area is 142 Å². The number of hydrogen-bond acceptors (Lipinski definition) is 5. The predicted octanol–water partition coefficient (Wildman–Crippen LogP) is 3.51. The summed E-state index contributed by atoms with van der Waals surface area (Å²) >= 11 is 3.18. The summed E-state index contributed by atoms with van der Waals surface area (Å²) in [5.41, 5.74) is 1.01. The van der Waals surface area contributed by atoms with Crippen molar-refractivity contribution in [2.24, 2.45) is 0 Å². The topological polar surface area (TPSA) is 54.0 Å². The van der Waals surface area contributed by atoms with Crippen LogP contribution in [0.4, 0.5) is 0 Å². The maximum absolute atomic E-state index is 12.4. The van der Waals surface area contributed by atoms with E-state index in [0.717, 1.165) is 46.2 Å². The molecule has 3 heterocycles. The molecule has 1 amide bonds. The summed E-state index contributed by atoms with van der Waals surface area (Å²) in [6.45, 7) is 1.91. The number of amides is 1. The van der Waals surface area contributed by atoms with E-state index in [0.29, 0.717) is 0 Å². The van der Waals surface area contributed by atoms with Gasteiger partial charge in [-0.2, -0.15) is 0 Å². The van der Waals surface area contributed by atoms with Gasteiger partial charge in [-0.1, -0.05) is 12.1 Å². The summed E-state index contributed by atoms with van der Waals surface area (Å²) in [5, 5.41) is 7.42. The third-order valence-corrected chi connectivity index (χ3v) is 6.26. The van der Waals surface area contributed by atoms with Gasteiger partial charge in [-0.05, 0) is 43.7 Å². The minimum Gasteiger partial charge on any atom is -0.347 e. The van der Waals surface area contributed by atoms with E-state index in [1.807, 2.05) is 30.3 Å². The number of hydrogen-bond donors (Lipinski definition) is 2. The van der Waals surface area contributed by atoms with E-state index in [9.17, 15) is 4.79 Å². The van der Waals surface area contributed by atoms with Crippen molar-refractivity contribution in [3.8, 4) is 9.88 Å². The Morgan fingerprint density at radius 2 is 2.13 bits per heavy atom. The zero-order valence-corrected chi connectivity index (χ0v) is 14.2. The fraction of sp³-hybridized carbons (Fsp3) is 0.294. The van der Waals surface area contributed by atoms with Crippen LogP contribution in [-0.4, -0.2) is 30.0 Å². The third-order valence-electron chi connectivity index (χ3n) is 3.97. The van der Waals surface area contributed by atoms with E-state index in [1.165, 1.54) is 16.0 Å². The quantitative estimate of drug-likeness (QED) is 0.765. The minimum absolute atomic E-state index is 0.0241. The number of aromatic nitrogens is 1. The second-order valence-corrected chi connectivity index (χ2v) is 7.78. The van der Waals surface area contributed by atoms with Crippen molar-refractivity contribution >= 4 is 38.8 Å². The molecule has 2 N–H and O–H groups in total. The molecule has 0 unspecified atom stereocenters. The molecule has 1 saturated heterocycles. The molecule has 1 atom stereocenters. The summed E-state index contributed by atoms with van der Waals surface area (Å²) < 4.78 is 1.18. The highest BCUT2D eigenvalue weighted by molar-refractivity contribution is 7.26. The Hall–Kier alpha value is -1.76. The first-order valence-electron chi connectivity index (χ1n) is 7.77. The van der Waals surface area contributed by atoms with Crippen molar-refractivity contribution in [3.63, 3.8) is 0 Å². The largest absolute Gasteiger partial charge is 0.347 e. The van der Waals surface area contributed by atoms with Crippen LogP contribution < -0.4 is 10.6 Å². The first kappa shape index (κ1) is 14.8. The summed E-state index contributed by atoms with van der Waals surface area (Å²) in [4.78, 5) is 18.9. The summed E-state index contributed by atoms with van der Waals surface area (Å²) in [6.07, 6.45) is 2.17. The van der Waals surface area contributed by atoms with Crippen LogP contribution in [0.3, 0.4) is 0 Å². The zero-order chi connectivity index (χ0) is 15.6. The van der Waals surface area contributed by atoms with Crippen LogP contribution in [0.5, 0.6) is 0 Å². The number of carbonyl (C=O) groups is 1. The van der Waals surface area contributed by atoms with E-state index in [1.54, 1.807) is 11.3 Å². The number of thiophene rings is 1. The molecule has 4 nitrogen and oxygen atoms in total. The molecule has 4 rings (SSSR count). The van der Waals surface area contributed by atoms with Crippen LogP contribution in [0, 0.1) is 0 Å². The van der Waals surface area contributed by atoms with Crippen LogP contribution in [-0.2, 0) is 0 Å². The number of carbonyl (C=O) groups excluding carboxylic acids is 1. The van der Waals surface area contributed by atoms with E-state index >= 15 is 0 Å². The lowest BCUT2D eigenvalue weighted by Gasteiger charge is -2.23. The first-order valence-corrected chi connectivity index (χ1v) is 9.40. The average molecular weight is 343 g/mol. The summed E-state index contributed by atoms with van der Waals surface area (Å²) in [5.74, 6) is 0.0241. The normalized spacial score (nSPS) is 18.2. The zero-order valence-electron chi connectivity index (χ0n) is 12.5. The molecule has 3 aromatic rings. The number of nitrogens with one attached hydrogen (secondary N) is 2. The maximum Gasteiger partial charge on any atom is 0.261 e. The van der Waals surface area contributed by atoms with Gasteiger partial charge in [0.2, 0.25) is 0 Å².